The smallest absolute Gasteiger partial charge is 0.0346 e. The Hall–Kier alpha value is -1.50. The summed E-state index contributed by atoms with van der Waals surface area (Å²) in [6.07, 6.45) is 6.96. The minimum atomic E-state index is 0.528. The van der Waals surface area contributed by atoms with Crippen LogP contribution >= 0.6 is 0 Å². The highest BCUT2D eigenvalue weighted by atomic mass is 14.9. The van der Waals surface area contributed by atoms with E-state index in [0.29, 0.717) is 5.41 Å². The van der Waals surface area contributed by atoms with E-state index < -0.39 is 0 Å². The van der Waals surface area contributed by atoms with Crippen LogP contribution in [0.4, 0.5) is 5.69 Å². The van der Waals surface area contributed by atoms with E-state index >= 15 is 0 Å². The van der Waals surface area contributed by atoms with Gasteiger partial charge in [-0.2, -0.15) is 0 Å². The van der Waals surface area contributed by atoms with E-state index in [2.05, 4.69) is 61.6 Å². The van der Waals surface area contributed by atoms with Crippen molar-refractivity contribution in [3.8, 4) is 0 Å². The van der Waals surface area contributed by atoms with Crippen molar-refractivity contribution in [3.63, 3.8) is 0 Å². The fourth-order valence-electron chi connectivity index (χ4n) is 4.03. The Kier molecular flexibility index (Phi) is 4.19. The third kappa shape index (κ3) is 3.40. The van der Waals surface area contributed by atoms with Crippen LogP contribution in [0.3, 0.4) is 0 Å². The second-order valence-electron chi connectivity index (χ2n) is 7.22. The first-order valence-corrected chi connectivity index (χ1v) is 8.40. The monoisotopic (exact) mass is 281 g/mol. The van der Waals surface area contributed by atoms with Crippen LogP contribution in [-0.4, -0.2) is 6.54 Å². The second kappa shape index (κ2) is 6.09. The second-order valence-corrected chi connectivity index (χ2v) is 7.22. The molecule has 3 rings (SSSR count). The van der Waals surface area contributed by atoms with Gasteiger partial charge in [-0.05, 0) is 53.5 Å². The van der Waals surface area contributed by atoms with Crippen LogP contribution in [0.1, 0.15) is 46.0 Å². The molecule has 1 nitrogen and oxygen atoms in total. The van der Waals surface area contributed by atoms with Crippen LogP contribution in [0.5, 0.6) is 0 Å². The Labute approximate surface area is 128 Å². The molecule has 0 saturated heterocycles. The van der Waals surface area contributed by atoms with Crippen molar-refractivity contribution in [2.75, 3.05) is 11.9 Å². The van der Waals surface area contributed by atoms with Crippen molar-refractivity contribution in [2.24, 2.45) is 11.3 Å². The molecule has 0 bridgehead atoms. The quantitative estimate of drug-likeness (QED) is 0.724. The maximum absolute atomic E-state index is 3.72. The van der Waals surface area contributed by atoms with Crippen LogP contribution in [0.15, 0.2) is 42.5 Å². The molecule has 1 fully saturated rings. The molecular weight excluding hydrogens is 254 g/mol. The summed E-state index contributed by atoms with van der Waals surface area (Å²) in [4.78, 5) is 0. The van der Waals surface area contributed by atoms with Crippen LogP contribution in [0, 0.1) is 11.3 Å². The van der Waals surface area contributed by atoms with Crippen molar-refractivity contribution in [1.82, 2.24) is 0 Å². The molecule has 21 heavy (non-hydrogen) atoms. The van der Waals surface area contributed by atoms with E-state index in [9.17, 15) is 0 Å². The standard InChI is InChI=1S/C20H27N/c1-16(2)14-20(11-5-6-12-20)15-21-19-10-9-17-7-3-4-8-18(17)13-19/h3-4,7-10,13,16,21H,5-6,11-12,14-15H2,1-2H3. The lowest BCUT2D eigenvalue weighted by molar-refractivity contribution is 0.252. The molecule has 0 heterocycles. The summed E-state index contributed by atoms with van der Waals surface area (Å²) in [7, 11) is 0. The molecule has 0 atom stereocenters. The summed E-state index contributed by atoms with van der Waals surface area (Å²) in [5.41, 5.74) is 1.79. The van der Waals surface area contributed by atoms with Crippen molar-refractivity contribution in [2.45, 2.75) is 46.0 Å². The minimum Gasteiger partial charge on any atom is -0.384 e. The third-order valence-corrected chi connectivity index (χ3v) is 4.92. The van der Waals surface area contributed by atoms with Gasteiger partial charge in [0.05, 0.1) is 0 Å². The van der Waals surface area contributed by atoms with Crippen LogP contribution in [0.25, 0.3) is 10.8 Å². The van der Waals surface area contributed by atoms with Gasteiger partial charge in [0.2, 0.25) is 0 Å². The number of anilines is 1. The average Bonchev–Trinajstić information content (AvgIpc) is 2.93. The van der Waals surface area contributed by atoms with Gasteiger partial charge in [0.15, 0.2) is 0 Å². The van der Waals surface area contributed by atoms with Gasteiger partial charge in [-0.3, -0.25) is 0 Å². The highest BCUT2D eigenvalue weighted by molar-refractivity contribution is 5.85. The van der Waals surface area contributed by atoms with Gasteiger partial charge in [0.25, 0.3) is 0 Å². The summed E-state index contributed by atoms with van der Waals surface area (Å²) < 4.78 is 0. The molecule has 1 saturated carbocycles. The van der Waals surface area contributed by atoms with Crippen molar-refractivity contribution < 1.29 is 0 Å². The lowest BCUT2D eigenvalue weighted by Gasteiger charge is -2.31. The highest BCUT2D eigenvalue weighted by Gasteiger charge is 2.34. The zero-order chi connectivity index (χ0) is 14.7. The zero-order valence-electron chi connectivity index (χ0n) is 13.4. The lowest BCUT2D eigenvalue weighted by atomic mass is 9.78. The van der Waals surface area contributed by atoms with E-state index in [1.54, 1.807) is 0 Å². The molecule has 0 spiro atoms. The Morgan fingerprint density at radius 2 is 1.71 bits per heavy atom. The maximum Gasteiger partial charge on any atom is 0.0346 e. The van der Waals surface area contributed by atoms with Crippen molar-refractivity contribution in [1.29, 1.82) is 0 Å². The number of benzene rings is 2. The molecule has 2 aromatic rings. The highest BCUT2D eigenvalue weighted by Crippen LogP contribution is 2.43. The number of hydrogen-bond donors (Lipinski definition) is 1. The van der Waals surface area contributed by atoms with E-state index in [1.165, 1.54) is 48.6 Å². The number of hydrogen-bond acceptors (Lipinski definition) is 1. The SMILES string of the molecule is CC(C)CC1(CNc2ccc3ccccc3c2)CCCC1. The van der Waals surface area contributed by atoms with Gasteiger partial charge in [0.1, 0.15) is 0 Å². The summed E-state index contributed by atoms with van der Waals surface area (Å²) >= 11 is 0. The number of rotatable bonds is 5. The Morgan fingerprint density at radius 1 is 1.00 bits per heavy atom. The predicted molar refractivity (Wildman–Crippen MR) is 92.8 cm³/mol. The van der Waals surface area contributed by atoms with Gasteiger partial charge in [-0.1, -0.05) is 57.0 Å². The van der Waals surface area contributed by atoms with Gasteiger partial charge < -0.3 is 5.32 Å². The van der Waals surface area contributed by atoms with Gasteiger partial charge >= 0.3 is 0 Å². The number of fused-ring (bicyclic) bond motifs is 1. The van der Waals surface area contributed by atoms with Crippen LogP contribution < -0.4 is 5.32 Å². The molecule has 2 aromatic carbocycles. The third-order valence-electron chi connectivity index (χ3n) is 4.92. The van der Waals surface area contributed by atoms with Crippen LogP contribution in [-0.2, 0) is 0 Å². The van der Waals surface area contributed by atoms with Crippen molar-refractivity contribution >= 4 is 16.5 Å². The fraction of sp³-hybridized carbons (Fsp3) is 0.500. The molecule has 112 valence electrons. The molecular formula is C20H27N. The summed E-state index contributed by atoms with van der Waals surface area (Å²) in [6.45, 7) is 5.84. The first-order chi connectivity index (χ1) is 10.2. The molecule has 0 amide bonds. The van der Waals surface area contributed by atoms with E-state index in [-0.39, 0.29) is 0 Å². The maximum atomic E-state index is 3.72. The Morgan fingerprint density at radius 3 is 2.43 bits per heavy atom. The first kappa shape index (κ1) is 14.4. The molecule has 0 aliphatic heterocycles. The summed E-state index contributed by atoms with van der Waals surface area (Å²) in [5, 5.41) is 6.37. The van der Waals surface area contributed by atoms with Gasteiger partial charge in [-0.15, -0.1) is 0 Å². The molecule has 0 radical (unpaired) electrons. The zero-order valence-corrected chi connectivity index (χ0v) is 13.4. The van der Waals surface area contributed by atoms with E-state index in [4.69, 9.17) is 0 Å². The topological polar surface area (TPSA) is 12.0 Å². The summed E-state index contributed by atoms with van der Waals surface area (Å²) in [6, 6.07) is 15.3. The Balaban J connectivity index is 1.72. The Bertz CT molecular complexity index is 594. The largest absolute Gasteiger partial charge is 0.384 e. The lowest BCUT2D eigenvalue weighted by Crippen LogP contribution is -2.28. The van der Waals surface area contributed by atoms with Crippen molar-refractivity contribution in [3.05, 3.63) is 42.5 Å². The fourth-order valence-corrected chi connectivity index (χ4v) is 4.03. The molecule has 1 N–H and O–H groups in total. The molecule has 0 aromatic heterocycles. The normalized spacial score (nSPS) is 17.5. The van der Waals surface area contributed by atoms with Gasteiger partial charge in [-0.25, -0.2) is 0 Å². The van der Waals surface area contributed by atoms with E-state index in [0.717, 1.165) is 12.5 Å². The van der Waals surface area contributed by atoms with E-state index in [1.807, 2.05) is 0 Å². The average molecular weight is 281 g/mol. The molecule has 1 aliphatic carbocycles. The van der Waals surface area contributed by atoms with Gasteiger partial charge in [0, 0.05) is 12.2 Å². The molecule has 1 aliphatic rings. The first-order valence-electron chi connectivity index (χ1n) is 8.40. The summed E-state index contributed by atoms with van der Waals surface area (Å²) in [5.74, 6) is 0.793. The number of nitrogens with one attached hydrogen (secondary N) is 1. The van der Waals surface area contributed by atoms with Crippen LogP contribution in [0.2, 0.25) is 0 Å². The predicted octanol–water partition coefficient (Wildman–Crippen LogP) is 5.86. The minimum absolute atomic E-state index is 0.528. The molecule has 0 unspecified atom stereocenters. The molecule has 1 heteroatoms.